The topological polar surface area (TPSA) is 56.3 Å². The summed E-state index contributed by atoms with van der Waals surface area (Å²) in [6.07, 6.45) is 0. The lowest BCUT2D eigenvalue weighted by atomic mass is 10.1. The highest BCUT2D eigenvalue weighted by Gasteiger charge is 2.25. The lowest BCUT2D eigenvalue weighted by Crippen LogP contribution is -2.51. The highest BCUT2D eigenvalue weighted by atomic mass is 35.5. The number of carbonyl (C=O) groups excluding carboxylic acids is 2. The monoisotopic (exact) mass is 484 g/mol. The molecule has 2 aromatic rings. The number of ether oxygens (including phenoxy) is 1. The van der Waals surface area contributed by atoms with Crippen LogP contribution in [-0.2, 0) is 4.79 Å². The third-order valence-electron chi connectivity index (χ3n) is 6.62. The molecule has 2 amide bonds. The number of halogens is 1. The molecular formula is C26H33ClN4O3. The number of nitrogens with zero attached hydrogens (tertiary/aromatic N) is 4. The van der Waals surface area contributed by atoms with Gasteiger partial charge in [0, 0.05) is 74.7 Å². The Balaban J connectivity index is 1.24. The van der Waals surface area contributed by atoms with E-state index >= 15 is 0 Å². The lowest BCUT2D eigenvalue weighted by Gasteiger charge is -2.38. The van der Waals surface area contributed by atoms with E-state index < -0.39 is 0 Å². The smallest absolute Gasteiger partial charge is 0.260 e. The number of benzene rings is 2. The van der Waals surface area contributed by atoms with Crippen molar-refractivity contribution in [3.8, 4) is 5.75 Å². The molecule has 2 heterocycles. The molecule has 0 bridgehead atoms. The number of carbonyl (C=O) groups is 2. The van der Waals surface area contributed by atoms with E-state index in [1.807, 2.05) is 29.2 Å². The zero-order valence-electron chi connectivity index (χ0n) is 20.0. The van der Waals surface area contributed by atoms with E-state index in [1.165, 1.54) is 0 Å². The van der Waals surface area contributed by atoms with Gasteiger partial charge in [-0.1, -0.05) is 11.6 Å². The Morgan fingerprint density at radius 2 is 1.41 bits per heavy atom. The maximum Gasteiger partial charge on any atom is 0.260 e. The molecule has 0 aromatic heterocycles. The van der Waals surface area contributed by atoms with Crippen LogP contribution in [0.5, 0.6) is 5.75 Å². The molecular weight excluding hydrogens is 452 g/mol. The van der Waals surface area contributed by atoms with E-state index in [9.17, 15) is 9.59 Å². The Morgan fingerprint density at radius 3 is 2.00 bits per heavy atom. The van der Waals surface area contributed by atoms with Crippen molar-refractivity contribution >= 4 is 29.1 Å². The van der Waals surface area contributed by atoms with Crippen LogP contribution in [0.1, 0.15) is 24.2 Å². The summed E-state index contributed by atoms with van der Waals surface area (Å²) in [5.74, 6) is 0.543. The predicted molar refractivity (Wildman–Crippen MR) is 135 cm³/mol. The minimum atomic E-state index is -0.0797. The summed E-state index contributed by atoms with van der Waals surface area (Å²) in [6, 6.07) is 15.4. The fourth-order valence-electron chi connectivity index (χ4n) is 4.42. The Labute approximate surface area is 206 Å². The van der Waals surface area contributed by atoms with Gasteiger partial charge in [0.2, 0.25) is 0 Å². The van der Waals surface area contributed by atoms with Crippen molar-refractivity contribution in [2.45, 2.75) is 19.9 Å². The van der Waals surface area contributed by atoms with E-state index in [-0.39, 0.29) is 18.4 Å². The highest BCUT2D eigenvalue weighted by molar-refractivity contribution is 6.30. The second-order valence-electron chi connectivity index (χ2n) is 9.08. The lowest BCUT2D eigenvalue weighted by molar-refractivity contribution is -0.134. The van der Waals surface area contributed by atoms with Crippen molar-refractivity contribution in [1.82, 2.24) is 14.7 Å². The molecule has 182 valence electrons. The van der Waals surface area contributed by atoms with Crippen LogP contribution >= 0.6 is 11.6 Å². The normalized spacial score (nSPS) is 17.2. The first-order valence-electron chi connectivity index (χ1n) is 11.9. The third kappa shape index (κ3) is 6.02. The van der Waals surface area contributed by atoms with Crippen LogP contribution in [-0.4, -0.2) is 91.5 Å². The first-order valence-corrected chi connectivity index (χ1v) is 12.3. The van der Waals surface area contributed by atoms with Gasteiger partial charge in [-0.2, -0.15) is 0 Å². The van der Waals surface area contributed by atoms with Gasteiger partial charge in [0.05, 0.1) is 0 Å². The molecule has 2 fully saturated rings. The molecule has 0 radical (unpaired) electrons. The Bertz CT molecular complexity index is 965. The maximum atomic E-state index is 13.0. The van der Waals surface area contributed by atoms with Gasteiger partial charge in [-0.3, -0.25) is 14.5 Å². The van der Waals surface area contributed by atoms with Crippen LogP contribution in [0.4, 0.5) is 5.69 Å². The van der Waals surface area contributed by atoms with Crippen molar-refractivity contribution in [2.24, 2.45) is 0 Å². The zero-order chi connectivity index (χ0) is 24.1. The standard InChI is InChI=1S/C26H33ClN4O3/c1-20(2)28-11-13-29(14-12-28)23-7-3-21(4-8-23)26(33)31-17-15-30(16-18-31)25(32)19-34-24-9-5-22(27)6-10-24/h3-10,20H,11-19H2,1-2H3. The van der Waals surface area contributed by atoms with E-state index in [4.69, 9.17) is 16.3 Å². The molecule has 0 spiro atoms. The minimum absolute atomic E-state index is 0.0145. The summed E-state index contributed by atoms with van der Waals surface area (Å²) in [4.78, 5) is 33.9. The number of hydrogen-bond acceptors (Lipinski definition) is 5. The summed E-state index contributed by atoms with van der Waals surface area (Å²) in [5.41, 5.74) is 1.85. The molecule has 0 unspecified atom stereocenters. The van der Waals surface area contributed by atoms with Crippen LogP contribution in [0.3, 0.4) is 0 Å². The fourth-order valence-corrected chi connectivity index (χ4v) is 4.55. The molecule has 2 saturated heterocycles. The van der Waals surface area contributed by atoms with Crippen LogP contribution in [0.25, 0.3) is 0 Å². The predicted octanol–water partition coefficient (Wildman–Crippen LogP) is 3.23. The molecule has 0 atom stereocenters. The Morgan fingerprint density at radius 1 is 0.824 bits per heavy atom. The average Bonchev–Trinajstić information content (AvgIpc) is 2.88. The van der Waals surface area contributed by atoms with Crippen LogP contribution in [0, 0.1) is 0 Å². The van der Waals surface area contributed by atoms with Crippen molar-refractivity contribution in [3.63, 3.8) is 0 Å². The molecule has 34 heavy (non-hydrogen) atoms. The quantitative estimate of drug-likeness (QED) is 0.630. The number of piperazine rings is 2. The summed E-state index contributed by atoms with van der Waals surface area (Å²) in [7, 11) is 0. The number of rotatable bonds is 6. The molecule has 2 aromatic carbocycles. The van der Waals surface area contributed by atoms with Gasteiger partial charge in [-0.15, -0.1) is 0 Å². The van der Waals surface area contributed by atoms with E-state index in [2.05, 4.69) is 23.6 Å². The summed E-state index contributed by atoms with van der Waals surface area (Å²) in [5, 5.41) is 0.624. The van der Waals surface area contributed by atoms with Crippen molar-refractivity contribution in [1.29, 1.82) is 0 Å². The van der Waals surface area contributed by atoms with Crippen LogP contribution in [0.15, 0.2) is 48.5 Å². The third-order valence-corrected chi connectivity index (χ3v) is 6.87. The maximum absolute atomic E-state index is 13.0. The van der Waals surface area contributed by atoms with Gasteiger partial charge in [-0.05, 0) is 62.4 Å². The van der Waals surface area contributed by atoms with Crippen LogP contribution < -0.4 is 9.64 Å². The molecule has 2 aliphatic heterocycles. The zero-order valence-corrected chi connectivity index (χ0v) is 20.7. The second-order valence-corrected chi connectivity index (χ2v) is 9.52. The molecule has 0 N–H and O–H groups in total. The van der Waals surface area contributed by atoms with Gasteiger partial charge in [-0.25, -0.2) is 0 Å². The Kier molecular flexibility index (Phi) is 7.95. The first kappa shape index (κ1) is 24.4. The summed E-state index contributed by atoms with van der Waals surface area (Å²) in [6.45, 7) is 10.6. The van der Waals surface area contributed by atoms with E-state index in [0.717, 1.165) is 31.9 Å². The van der Waals surface area contributed by atoms with Crippen LogP contribution in [0.2, 0.25) is 5.02 Å². The van der Waals surface area contributed by atoms with Gasteiger partial charge in [0.15, 0.2) is 6.61 Å². The van der Waals surface area contributed by atoms with Crippen molar-refractivity contribution < 1.29 is 14.3 Å². The van der Waals surface area contributed by atoms with Gasteiger partial charge in [0.25, 0.3) is 11.8 Å². The van der Waals surface area contributed by atoms with Gasteiger partial charge in [0.1, 0.15) is 5.75 Å². The molecule has 2 aliphatic rings. The summed E-state index contributed by atoms with van der Waals surface area (Å²) >= 11 is 5.87. The van der Waals surface area contributed by atoms with E-state index in [1.54, 1.807) is 29.2 Å². The molecule has 0 saturated carbocycles. The van der Waals surface area contributed by atoms with Crippen molar-refractivity contribution in [3.05, 3.63) is 59.1 Å². The van der Waals surface area contributed by atoms with Gasteiger partial charge >= 0.3 is 0 Å². The fraction of sp³-hybridized carbons (Fsp3) is 0.462. The second kappa shape index (κ2) is 11.1. The molecule has 8 heteroatoms. The largest absolute Gasteiger partial charge is 0.484 e. The SMILES string of the molecule is CC(C)N1CCN(c2ccc(C(=O)N3CCN(C(=O)COc4ccc(Cl)cc4)CC3)cc2)CC1. The highest BCUT2D eigenvalue weighted by Crippen LogP contribution is 2.20. The number of amides is 2. The van der Waals surface area contributed by atoms with E-state index in [0.29, 0.717) is 48.6 Å². The minimum Gasteiger partial charge on any atom is -0.484 e. The van der Waals surface area contributed by atoms with Crippen molar-refractivity contribution in [2.75, 3.05) is 63.9 Å². The average molecular weight is 485 g/mol. The van der Waals surface area contributed by atoms with Gasteiger partial charge < -0.3 is 19.4 Å². The first-order chi connectivity index (χ1) is 16.4. The molecule has 7 nitrogen and oxygen atoms in total. The number of anilines is 1. The molecule has 0 aliphatic carbocycles. The molecule has 4 rings (SSSR count). The Hall–Kier alpha value is -2.77. The number of hydrogen-bond donors (Lipinski definition) is 0. The summed E-state index contributed by atoms with van der Waals surface area (Å²) < 4.78 is 5.56.